The Labute approximate surface area is 148 Å². The molecule has 1 aliphatic carbocycles. The number of benzene rings is 2. The summed E-state index contributed by atoms with van der Waals surface area (Å²) in [5.41, 5.74) is 5.51. The first-order valence-electron chi connectivity index (χ1n) is 9.18. The minimum Gasteiger partial charge on any atom is -0.460 e. The van der Waals surface area contributed by atoms with Gasteiger partial charge in [-0.3, -0.25) is 0 Å². The number of rotatable bonds is 3. The smallest absolute Gasteiger partial charge is 0.134 e. The Kier molecular flexibility index (Phi) is 3.31. The maximum atomic E-state index is 6.20. The Morgan fingerprint density at radius 2 is 1.96 bits per heavy atom. The predicted octanol–water partition coefficient (Wildman–Crippen LogP) is 4.22. The second-order valence-electron chi connectivity index (χ2n) is 7.68. The van der Waals surface area contributed by atoms with Crippen molar-refractivity contribution in [1.29, 1.82) is 0 Å². The van der Waals surface area contributed by atoms with Crippen LogP contribution in [0, 0.1) is 0 Å². The lowest BCUT2D eigenvalue weighted by atomic mass is 9.86. The van der Waals surface area contributed by atoms with Gasteiger partial charge in [-0.05, 0) is 55.8 Å². The van der Waals surface area contributed by atoms with Gasteiger partial charge in [0.05, 0.1) is 5.92 Å². The Balaban J connectivity index is 1.58. The van der Waals surface area contributed by atoms with Crippen LogP contribution in [0.25, 0.3) is 11.0 Å². The lowest BCUT2D eigenvalue weighted by molar-refractivity contribution is 0.282. The minimum absolute atomic E-state index is 0.222. The van der Waals surface area contributed by atoms with Crippen molar-refractivity contribution in [1.82, 2.24) is 10.2 Å². The molecule has 5 rings (SSSR count). The van der Waals surface area contributed by atoms with Gasteiger partial charge in [-0.1, -0.05) is 36.4 Å². The fourth-order valence-electron chi connectivity index (χ4n) is 4.37. The van der Waals surface area contributed by atoms with Crippen molar-refractivity contribution < 1.29 is 4.42 Å². The van der Waals surface area contributed by atoms with Gasteiger partial charge >= 0.3 is 0 Å². The summed E-state index contributed by atoms with van der Waals surface area (Å²) in [5.74, 6) is 1.39. The van der Waals surface area contributed by atoms with Crippen LogP contribution >= 0.6 is 0 Å². The third-order valence-electron chi connectivity index (χ3n) is 6.02. The van der Waals surface area contributed by atoms with Crippen molar-refractivity contribution in [3.63, 3.8) is 0 Å². The highest BCUT2D eigenvalue weighted by atomic mass is 16.3. The maximum absolute atomic E-state index is 6.20. The molecule has 0 radical (unpaired) electrons. The van der Waals surface area contributed by atoms with E-state index >= 15 is 0 Å². The molecule has 3 heteroatoms. The summed E-state index contributed by atoms with van der Waals surface area (Å²) in [5, 5.41) is 4.71. The Morgan fingerprint density at radius 1 is 1.12 bits per heavy atom. The number of hydrogen-bond donors (Lipinski definition) is 1. The summed E-state index contributed by atoms with van der Waals surface area (Å²) in [7, 11) is 4.28. The molecule has 0 spiro atoms. The van der Waals surface area contributed by atoms with Gasteiger partial charge in [-0.15, -0.1) is 0 Å². The minimum atomic E-state index is 0.222. The molecule has 2 aliphatic rings. The molecule has 128 valence electrons. The molecule has 1 fully saturated rings. The van der Waals surface area contributed by atoms with Crippen LogP contribution in [0.3, 0.4) is 0 Å². The molecule has 0 amide bonds. The van der Waals surface area contributed by atoms with Crippen molar-refractivity contribution in [3.05, 3.63) is 71.0 Å². The first kappa shape index (κ1) is 15.2. The molecule has 3 aromatic rings. The quantitative estimate of drug-likeness (QED) is 0.778. The Morgan fingerprint density at radius 3 is 2.72 bits per heavy atom. The lowest BCUT2D eigenvalue weighted by Crippen LogP contribution is -2.32. The topological polar surface area (TPSA) is 28.4 Å². The molecule has 2 aromatic carbocycles. The third-order valence-corrected chi connectivity index (χ3v) is 6.02. The molecule has 1 saturated carbocycles. The Hall–Kier alpha value is -2.10. The van der Waals surface area contributed by atoms with E-state index < -0.39 is 0 Å². The maximum Gasteiger partial charge on any atom is 0.134 e. The second kappa shape index (κ2) is 5.45. The molecule has 25 heavy (non-hydrogen) atoms. The average molecular weight is 332 g/mol. The molecule has 3 nitrogen and oxygen atoms in total. The van der Waals surface area contributed by atoms with Crippen LogP contribution in [0.5, 0.6) is 0 Å². The van der Waals surface area contributed by atoms with Gasteiger partial charge in [0, 0.05) is 24.0 Å². The van der Waals surface area contributed by atoms with Crippen LogP contribution < -0.4 is 5.32 Å². The number of nitrogens with one attached hydrogen (secondary N) is 1. The first-order chi connectivity index (χ1) is 12.2. The van der Waals surface area contributed by atoms with E-state index in [2.05, 4.69) is 66.8 Å². The van der Waals surface area contributed by atoms with Crippen molar-refractivity contribution >= 4 is 11.0 Å². The highest BCUT2D eigenvalue weighted by Gasteiger charge is 2.43. The fourth-order valence-corrected chi connectivity index (χ4v) is 4.37. The molecular formula is C22H24N2O. The standard InChI is InChI=1S/C22H24N2O/c1-23-22(9-10-22)17-7-8-18-16(11-17)13-24(2)14-19(18)21-12-15-5-3-4-6-20(15)25-21/h3-8,11-12,19,23H,9-10,13-14H2,1-2H3. The third kappa shape index (κ3) is 2.42. The number of para-hydroxylation sites is 1. The largest absolute Gasteiger partial charge is 0.460 e. The molecule has 1 atom stereocenters. The van der Waals surface area contributed by atoms with Gasteiger partial charge in [0.25, 0.3) is 0 Å². The summed E-state index contributed by atoms with van der Waals surface area (Å²) >= 11 is 0. The van der Waals surface area contributed by atoms with Crippen molar-refractivity contribution in [2.24, 2.45) is 0 Å². The van der Waals surface area contributed by atoms with Gasteiger partial charge < -0.3 is 14.6 Å². The number of hydrogen-bond acceptors (Lipinski definition) is 3. The summed E-state index contributed by atoms with van der Waals surface area (Å²) in [6, 6.07) is 17.6. The zero-order valence-electron chi connectivity index (χ0n) is 14.9. The van der Waals surface area contributed by atoms with Crippen LogP contribution in [0.1, 0.15) is 41.2 Å². The van der Waals surface area contributed by atoms with E-state index in [4.69, 9.17) is 4.42 Å². The molecular weight excluding hydrogens is 308 g/mol. The van der Waals surface area contributed by atoms with Gasteiger partial charge in [0.1, 0.15) is 11.3 Å². The van der Waals surface area contributed by atoms with Crippen LogP contribution in [-0.4, -0.2) is 25.5 Å². The zero-order chi connectivity index (χ0) is 17.0. The highest BCUT2D eigenvalue weighted by molar-refractivity contribution is 5.78. The molecule has 1 unspecified atom stereocenters. The van der Waals surface area contributed by atoms with Crippen molar-refractivity contribution in [2.75, 3.05) is 20.6 Å². The molecule has 0 saturated heterocycles. The highest BCUT2D eigenvalue weighted by Crippen LogP contribution is 2.46. The van der Waals surface area contributed by atoms with Crippen molar-refractivity contribution in [3.8, 4) is 0 Å². The van der Waals surface area contributed by atoms with Crippen molar-refractivity contribution in [2.45, 2.75) is 30.8 Å². The van der Waals surface area contributed by atoms with Gasteiger partial charge in [0.15, 0.2) is 0 Å². The van der Waals surface area contributed by atoms with E-state index in [0.29, 0.717) is 5.92 Å². The molecule has 1 N–H and O–H groups in total. The van der Waals surface area contributed by atoms with E-state index in [1.165, 1.54) is 34.9 Å². The van der Waals surface area contributed by atoms with Gasteiger partial charge in [0.2, 0.25) is 0 Å². The second-order valence-corrected chi connectivity index (χ2v) is 7.68. The first-order valence-corrected chi connectivity index (χ1v) is 9.18. The van der Waals surface area contributed by atoms with E-state index in [1.807, 2.05) is 6.07 Å². The monoisotopic (exact) mass is 332 g/mol. The van der Waals surface area contributed by atoms with E-state index in [0.717, 1.165) is 24.4 Å². The van der Waals surface area contributed by atoms with Gasteiger partial charge in [-0.25, -0.2) is 0 Å². The summed E-state index contributed by atoms with van der Waals surface area (Å²) in [4.78, 5) is 2.41. The van der Waals surface area contributed by atoms with E-state index in [9.17, 15) is 0 Å². The van der Waals surface area contributed by atoms with Gasteiger partial charge in [-0.2, -0.15) is 0 Å². The molecule has 2 heterocycles. The van der Waals surface area contributed by atoms with Crippen LogP contribution in [0.15, 0.2) is 52.9 Å². The summed E-state index contributed by atoms with van der Waals surface area (Å²) in [6.07, 6.45) is 2.48. The predicted molar refractivity (Wildman–Crippen MR) is 101 cm³/mol. The van der Waals surface area contributed by atoms with Crippen LogP contribution in [-0.2, 0) is 12.1 Å². The Bertz CT molecular complexity index is 905. The zero-order valence-corrected chi connectivity index (χ0v) is 14.9. The molecule has 1 aliphatic heterocycles. The van der Waals surface area contributed by atoms with E-state index in [1.54, 1.807) is 0 Å². The summed E-state index contributed by atoms with van der Waals surface area (Å²) < 4.78 is 6.20. The molecule has 0 bridgehead atoms. The normalized spacial score (nSPS) is 22.1. The summed E-state index contributed by atoms with van der Waals surface area (Å²) in [6.45, 7) is 2.02. The van der Waals surface area contributed by atoms with Crippen LogP contribution in [0.2, 0.25) is 0 Å². The van der Waals surface area contributed by atoms with E-state index in [-0.39, 0.29) is 5.54 Å². The molecule has 1 aromatic heterocycles. The fraction of sp³-hybridized carbons (Fsp3) is 0.364. The lowest BCUT2D eigenvalue weighted by Gasteiger charge is -2.32. The van der Waals surface area contributed by atoms with Crippen LogP contribution in [0.4, 0.5) is 0 Å². The number of fused-ring (bicyclic) bond motifs is 2. The SMILES string of the molecule is CNC1(c2ccc3c(c2)CN(C)CC3c2cc3ccccc3o2)CC1. The number of nitrogens with zero attached hydrogens (tertiary/aromatic N) is 1. The number of likely N-dealkylation sites (N-methyl/N-ethyl adjacent to an activating group) is 1. The number of furan rings is 1. The average Bonchev–Trinajstić information content (AvgIpc) is 3.32.